The first kappa shape index (κ1) is 22.1. The van der Waals surface area contributed by atoms with Crippen LogP contribution in [0.2, 0.25) is 18.1 Å². The first-order chi connectivity index (χ1) is 10.9. The van der Waals surface area contributed by atoms with Crippen LogP contribution in [-0.4, -0.2) is 34.2 Å². The zero-order valence-electron chi connectivity index (χ0n) is 15.7. The molecule has 0 aromatic rings. The van der Waals surface area contributed by atoms with Gasteiger partial charge in [0.2, 0.25) is 5.91 Å². The fraction of sp³-hybridized carbons (Fsp3) is 0.722. The van der Waals surface area contributed by atoms with Crippen LogP contribution in [0.3, 0.4) is 0 Å². The molecule has 5 heteroatoms. The van der Waals surface area contributed by atoms with Crippen LogP contribution < -0.4 is 5.32 Å². The topological polar surface area (TPSA) is 47.6 Å². The van der Waals surface area contributed by atoms with E-state index in [0.717, 1.165) is 18.1 Å². The van der Waals surface area contributed by atoms with Gasteiger partial charge in [-0.05, 0) is 18.1 Å². The van der Waals surface area contributed by atoms with E-state index in [4.69, 9.17) is 9.16 Å². The first-order valence-corrected chi connectivity index (χ1v) is 11.2. The number of methoxy groups -OCH3 is 1. The van der Waals surface area contributed by atoms with E-state index >= 15 is 0 Å². The highest BCUT2D eigenvalue weighted by Gasteiger charge is 2.37. The molecule has 0 saturated heterocycles. The minimum Gasteiger partial charge on any atom is -0.413 e. The maximum absolute atomic E-state index is 12.4. The number of amides is 1. The number of allylic oxidation sites excluding steroid dienone is 2. The Hall–Kier alpha value is -0.913. The van der Waals surface area contributed by atoms with Crippen LogP contribution >= 0.6 is 0 Å². The molecule has 0 fully saturated rings. The van der Waals surface area contributed by atoms with E-state index < -0.39 is 8.32 Å². The highest BCUT2D eigenvalue weighted by molar-refractivity contribution is 6.73. The molecule has 2 unspecified atom stereocenters. The fourth-order valence-corrected chi connectivity index (χ4v) is 5.77. The maximum atomic E-state index is 12.4. The van der Waals surface area contributed by atoms with Crippen LogP contribution in [0.1, 0.15) is 34.6 Å². The summed E-state index contributed by atoms with van der Waals surface area (Å²) in [5, 5.41) is 2.79. The summed E-state index contributed by atoms with van der Waals surface area (Å²) in [7, 11) is -0.226. The van der Waals surface area contributed by atoms with Crippen molar-refractivity contribution < 1.29 is 14.0 Å². The van der Waals surface area contributed by atoms with E-state index in [1.54, 1.807) is 13.2 Å². The van der Waals surface area contributed by atoms with Gasteiger partial charge in [0.05, 0.1) is 12.0 Å². The average molecular weight is 342 g/mol. The molecule has 4 nitrogen and oxygen atoms in total. The number of hydrogen-bond acceptors (Lipinski definition) is 3. The summed E-state index contributed by atoms with van der Waals surface area (Å²) in [6, 6.07) is 3.21. The third-order valence-corrected chi connectivity index (χ3v) is 9.32. The molecule has 0 heterocycles. The third kappa shape index (κ3) is 7.02. The van der Waals surface area contributed by atoms with Gasteiger partial charge in [0.15, 0.2) is 8.32 Å². The molecule has 0 aliphatic rings. The third-order valence-electron chi connectivity index (χ3n) is 4.69. The van der Waals surface area contributed by atoms with Crippen LogP contribution in [0.4, 0.5) is 0 Å². The van der Waals surface area contributed by atoms with Crippen LogP contribution in [0.25, 0.3) is 0 Å². The monoisotopic (exact) mass is 341 g/mol. The highest BCUT2D eigenvalue weighted by Crippen LogP contribution is 2.29. The molecule has 1 N–H and O–H groups in total. The van der Waals surface area contributed by atoms with Gasteiger partial charge in [0, 0.05) is 13.0 Å². The van der Waals surface area contributed by atoms with Gasteiger partial charge >= 0.3 is 0 Å². The number of carbonyl (C=O) groups excluding carboxylic acids is 1. The highest BCUT2D eigenvalue weighted by atomic mass is 28.4. The van der Waals surface area contributed by atoms with Crippen molar-refractivity contribution in [1.29, 1.82) is 0 Å². The van der Waals surface area contributed by atoms with Crippen LogP contribution in [0.5, 0.6) is 0 Å². The van der Waals surface area contributed by atoms with E-state index in [9.17, 15) is 4.79 Å². The minimum absolute atomic E-state index is 0.0260. The number of carbonyl (C=O) groups is 1. The Morgan fingerprint density at radius 3 is 2.22 bits per heavy atom. The summed E-state index contributed by atoms with van der Waals surface area (Å²) in [6.45, 7) is 14.6. The first-order valence-electron chi connectivity index (χ1n) is 8.64. The smallest absolute Gasteiger partial charge is 0.227 e. The van der Waals surface area contributed by atoms with Crippen molar-refractivity contribution >= 4 is 14.2 Å². The van der Waals surface area contributed by atoms with Crippen molar-refractivity contribution in [2.45, 2.75) is 58.9 Å². The van der Waals surface area contributed by atoms with Gasteiger partial charge in [-0.3, -0.25) is 4.79 Å². The van der Waals surface area contributed by atoms with Crippen molar-refractivity contribution in [1.82, 2.24) is 5.32 Å². The largest absolute Gasteiger partial charge is 0.413 e. The van der Waals surface area contributed by atoms with Gasteiger partial charge < -0.3 is 14.5 Å². The normalized spacial score (nSPS) is 16.1. The zero-order valence-corrected chi connectivity index (χ0v) is 16.7. The molecular weight excluding hydrogens is 306 g/mol. The lowest BCUT2D eigenvalue weighted by atomic mass is 9.92. The number of ether oxygens (including phenoxy) is 1. The Labute approximate surface area is 143 Å². The Balaban J connectivity index is 5.32. The minimum atomic E-state index is -1.79. The lowest BCUT2D eigenvalue weighted by Crippen LogP contribution is -2.48. The summed E-state index contributed by atoms with van der Waals surface area (Å²) in [4.78, 5) is 12.4. The van der Waals surface area contributed by atoms with Crippen molar-refractivity contribution in [2.24, 2.45) is 11.8 Å². The lowest BCUT2D eigenvalue weighted by Gasteiger charge is -2.37. The number of hydrogen-bond donors (Lipinski definition) is 1. The second-order valence-electron chi connectivity index (χ2n) is 6.07. The molecule has 23 heavy (non-hydrogen) atoms. The summed E-state index contributed by atoms with van der Waals surface area (Å²) in [5.41, 5.74) is 0. The molecular formula is C18H35NO3Si. The maximum Gasteiger partial charge on any atom is 0.227 e. The summed E-state index contributed by atoms with van der Waals surface area (Å²) in [6.07, 6.45) is 5.62. The molecule has 134 valence electrons. The van der Waals surface area contributed by atoms with E-state index in [1.165, 1.54) is 0 Å². The lowest BCUT2D eigenvalue weighted by molar-refractivity contribution is -0.129. The molecule has 0 radical (unpaired) electrons. The van der Waals surface area contributed by atoms with Crippen molar-refractivity contribution in [3.05, 3.63) is 24.8 Å². The fourth-order valence-electron chi connectivity index (χ4n) is 2.77. The summed E-state index contributed by atoms with van der Waals surface area (Å²) < 4.78 is 11.6. The molecule has 0 aliphatic heterocycles. The van der Waals surface area contributed by atoms with Crippen molar-refractivity contribution in [2.75, 3.05) is 13.8 Å². The summed E-state index contributed by atoms with van der Waals surface area (Å²) >= 11 is 0. The van der Waals surface area contributed by atoms with Gasteiger partial charge in [-0.25, -0.2) is 0 Å². The SMILES string of the molecule is C=C/C=C\[C@H](C)C(O[Si](CC)(CC)CC)C(C)C(=O)NCOC. The Bertz CT molecular complexity index is 372. The van der Waals surface area contributed by atoms with E-state index in [1.807, 2.05) is 13.0 Å². The number of rotatable bonds is 12. The molecule has 0 aromatic carbocycles. The molecule has 0 aromatic heterocycles. The standard InChI is InChI=1S/C18H35NO3Si/c1-8-12-13-15(5)17(16(6)18(20)19-14-21-7)22-23(9-2,10-3)11-4/h8,12-13,15-17H,1,9-11,14H2,2-7H3,(H,19,20)/b13-12-/t15-,16?,17?/m0/s1. The Kier molecular flexibility index (Phi) is 11.1. The van der Waals surface area contributed by atoms with E-state index in [0.29, 0.717) is 0 Å². The quantitative estimate of drug-likeness (QED) is 0.330. The zero-order chi connectivity index (χ0) is 17.9. The van der Waals surface area contributed by atoms with Crippen LogP contribution in [-0.2, 0) is 14.0 Å². The second-order valence-corrected chi connectivity index (χ2v) is 10.8. The van der Waals surface area contributed by atoms with Crippen LogP contribution in [0.15, 0.2) is 24.8 Å². The molecule has 0 rings (SSSR count). The molecule has 0 spiro atoms. The van der Waals surface area contributed by atoms with Gasteiger partial charge in [-0.1, -0.05) is 59.4 Å². The second kappa shape index (κ2) is 11.6. The van der Waals surface area contributed by atoms with E-state index in [2.05, 4.69) is 45.7 Å². The molecule has 1 amide bonds. The summed E-state index contributed by atoms with van der Waals surface area (Å²) in [5.74, 6) is -0.110. The van der Waals surface area contributed by atoms with Gasteiger partial charge in [-0.15, -0.1) is 0 Å². The Morgan fingerprint density at radius 1 is 1.22 bits per heavy atom. The van der Waals surface area contributed by atoms with Gasteiger partial charge in [0.25, 0.3) is 0 Å². The molecule has 0 saturated carbocycles. The predicted octanol–water partition coefficient (Wildman–Crippen LogP) is 4.11. The van der Waals surface area contributed by atoms with Crippen molar-refractivity contribution in [3.8, 4) is 0 Å². The average Bonchev–Trinajstić information content (AvgIpc) is 2.58. The van der Waals surface area contributed by atoms with E-state index in [-0.39, 0.29) is 30.6 Å². The predicted molar refractivity (Wildman–Crippen MR) is 99.8 cm³/mol. The van der Waals surface area contributed by atoms with Gasteiger partial charge in [0.1, 0.15) is 6.73 Å². The van der Waals surface area contributed by atoms with Gasteiger partial charge in [-0.2, -0.15) is 0 Å². The number of nitrogens with one attached hydrogen (secondary N) is 1. The molecule has 0 aliphatic carbocycles. The van der Waals surface area contributed by atoms with Crippen molar-refractivity contribution in [3.63, 3.8) is 0 Å². The van der Waals surface area contributed by atoms with Crippen LogP contribution in [0, 0.1) is 11.8 Å². The Morgan fingerprint density at radius 2 is 1.78 bits per heavy atom. The molecule has 3 atom stereocenters. The molecule has 0 bridgehead atoms.